The van der Waals surface area contributed by atoms with E-state index < -0.39 is 0 Å². The topological polar surface area (TPSA) is 49.6 Å². The lowest BCUT2D eigenvalue weighted by atomic mass is 10.2. The lowest BCUT2D eigenvalue weighted by molar-refractivity contribution is -0.131. The first-order chi connectivity index (χ1) is 13.7. The molecule has 5 heteroatoms. The fourth-order valence-electron chi connectivity index (χ4n) is 3.57. The Morgan fingerprint density at radius 2 is 1.82 bits per heavy atom. The van der Waals surface area contributed by atoms with Crippen LogP contribution in [0.25, 0.3) is 11.3 Å². The molecule has 3 aromatic rings. The summed E-state index contributed by atoms with van der Waals surface area (Å²) in [4.78, 5) is 21.2. The molecule has 1 fully saturated rings. The molecule has 0 unspecified atom stereocenters. The van der Waals surface area contributed by atoms with Crippen LogP contribution in [0.3, 0.4) is 0 Å². The zero-order valence-corrected chi connectivity index (χ0v) is 16.2. The normalized spacial score (nSPS) is 14.3. The molecule has 2 aromatic carbocycles. The molecule has 1 aromatic heterocycles. The fraction of sp³-hybridized carbons (Fsp3) is 0.304. The van der Waals surface area contributed by atoms with Crippen molar-refractivity contribution in [2.45, 2.75) is 19.8 Å². The standard InChI is InChI=1S/C23H25N3O2/c1-18-6-5-9-20(16-18)25-12-14-26(15-13-25)23(27)11-10-22-24-17-21(28-22)19-7-3-2-4-8-19/h2-9,16-17H,10-15H2,1H3. The van der Waals surface area contributed by atoms with Gasteiger partial charge in [0.05, 0.1) is 6.20 Å². The Hall–Kier alpha value is -3.08. The van der Waals surface area contributed by atoms with Crippen LogP contribution in [0, 0.1) is 6.92 Å². The molecule has 0 spiro atoms. The minimum absolute atomic E-state index is 0.170. The number of hydrogen-bond acceptors (Lipinski definition) is 4. The van der Waals surface area contributed by atoms with E-state index in [-0.39, 0.29) is 5.91 Å². The summed E-state index contributed by atoms with van der Waals surface area (Å²) in [5.41, 5.74) is 3.50. The van der Waals surface area contributed by atoms with Gasteiger partial charge in [0.25, 0.3) is 0 Å². The summed E-state index contributed by atoms with van der Waals surface area (Å²) < 4.78 is 5.80. The Kier molecular flexibility index (Phi) is 5.42. The van der Waals surface area contributed by atoms with Gasteiger partial charge in [-0.15, -0.1) is 0 Å². The lowest BCUT2D eigenvalue weighted by Crippen LogP contribution is -2.48. The van der Waals surface area contributed by atoms with Crippen molar-refractivity contribution in [1.29, 1.82) is 0 Å². The third-order valence-corrected chi connectivity index (χ3v) is 5.16. The van der Waals surface area contributed by atoms with E-state index in [1.54, 1.807) is 6.20 Å². The van der Waals surface area contributed by atoms with Gasteiger partial charge in [0.1, 0.15) is 0 Å². The van der Waals surface area contributed by atoms with Crippen LogP contribution in [0.1, 0.15) is 17.9 Å². The van der Waals surface area contributed by atoms with Crippen molar-refractivity contribution in [2.75, 3.05) is 31.1 Å². The zero-order valence-electron chi connectivity index (χ0n) is 16.2. The van der Waals surface area contributed by atoms with Crippen molar-refractivity contribution in [3.8, 4) is 11.3 Å². The summed E-state index contributed by atoms with van der Waals surface area (Å²) in [6.45, 7) is 5.36. The molecule has 1 amide bonds. The Morgan fingerprint density at radius 1 is 1.04 bits per heavy atom. The third kappa shape index (κ3) is 4.25. The Labute approximate surface area is 165 Å². The number of aryl methyl sites for hydroxylation is 2. The maximum Gasteiger partial charge on any atom is 0.223 e. The van der Waals surface area contributed by atoms with Crippen molar-refractivity contribution in [2.24, 2.45) is 0 Å². The number of rotatable bonds is 5. The second-order valence-electron chi connectivity index (χ2n) is 7.19. The number of anilines is 1. The summed E-state index contributed by atoms with van der Waals surface area (Å²) in [6, 6.07) is 18.4. The average molecular weight is 375 g/mol. The summed E-state index contributed by atoms with van der Waals surface area (Å²) in [5.74, 6) is 1.53. The monoisotopic (exact) mass is 375 g/mol. The fourth-order valence-corrected chi connectivity index (χ4v) is 3.57. The highest BCUT2D eigenvalue weighted by Gasteiger charge is 2.21. The van der Waals surface area contributed by atoms with Gasteiger partial charge in [0, 0.05) is 50.3 Å². The van der Waals surface area contributed by atoms with Gasteiger partial charge >= 0.3 is 0 Å². The van der Waals surface area contributed by atoms with E-state index in [4.69, 9.17) is 4.42 Å². The second-order valence-corrected chi connectivity index (χ2v) is 7.19. The molecule has 144 valence electrons. The van der Waals surface area contributed by atoms with E-state index in [1.807, 2.05) is 35.2 Å². The molecule has 5 nitrogen and oxygen atoms in total. The average Bonchev–Trinajstić information content (AvgIpc) is 3.22. The third-order valence-electron chi connectivity index (χ3n) is 5.16. The van der Waals surface area contributed by atoms with Crippen LogP contribution in [0.5, 0.6) is 0 Å². The summed E-state index contributed by atoms with van der Waals surface area (Å²) in [6.07, 6.45) is 2.69. The number of oxazole rings is 1. The molecule has 28 heavy (non-hydrogen) atoms. The number of piperazine rings is 1. The molecule has 0 radical (unpaired) electrons. The van der Waals surface area contributed by atoms with Crippen LogP contribution in [-0.4, -0.2) is 42.0 Å². The highest BCUT2D eigenvalue weighted by atomic mass is 16.4. The molecular weight excluding hydrogens is 350 g/mol. The van der Waals surface area contributed by atoms with Crippen LogP contribution in [0.2, 0.25) is 0 Å². The Morgan fingerprint density at radius 3 is 2.57 bits per heavy atom. The maximum absolute atomic E-state index is 12.6. The van der Waals surface area contributed by atoms with Crippen molar-refractivity contribution in [1.82, 2.24) is 9.88 Å². The molecule has 1 saturated heterocycles. The highest BCUT2D eigenvalue weighted by molar-refractivity contribution is 5.76. The molecule has 0 N–H and O–H groups in total. The number of benzene rings is 2. The van der Waals surface area contributed by atoms with Crippen molar-refractivity contribution in [3.05, 3.63) is 72.2 Å². The summed E-state index contributed by atoms with van der Waals surface area (Å²) >= 11 is 0. The number of hydrogen-bond donors (Lipinski definition) is 0. The van der Waals surface area contributed by atoms with Crippen LogP contribution in [0.15, 0.2) is 65.2 Å². The minimum Gasteiger partial charge on any atom is -0.441 e. The van der Waals surface area contributed by atoms with E-state index in [0.29, 0.717) is 18.7 Å². The molecule has 4 rings (SSSR count). The highest BCUT2D eigenvalue weighted by Crippen LogP contribution is 2.21. The molecule has 0 bridgehead atoms. The lowest BCUT2D eigenvalue weighted by Gasteiger charge is -2.36. The predicted molar refractivity (Wildman–Crippen MR) is 110 cm³/mol. The first-order valence-corrected chi connectivity index (χ1v) is 9.78. The molecule has 1 aliphatic rings. The largest absolute Gasteiger partial charge is 0.441 e. The molecule has 1 aliphatic heterocycles. The number of carbonyl (C=O) groups is 1. The molecule has 0 saturated carbocycles. The van der Waals surface area contributed by atoms with Gasteiger partial charge in [-0.25, -0.2) is 4.98 Å². The smallest absolute Gasteiger partial charge is 0.223 e. The van der Waals surface area contributed by atoms with Crippen LogP contribution in [-0.2, 0) is 11.2 Å². The van der Waals surface area contributed by atoms with Crippen LogP contribution < -0.4 is 4.90 Å². The van der Waals surface area contributed by atoms with Gasteiger partial charge in [-0.05, 0) is 24.6 Å². The summed E-state index contributed by atoms with van der Waals surface area (Å²) in [7, 11) is 0. The quantitative estimate of drug-likeness (QED) is 0.678. The van der Waals surface area contributed by atoms with Gasteiger partial charge in [-0.1, -0.05) is 42.5 Å². The van der Waals surface area contributed by atoms with E-state index in [2.05, 4.69) is 41.1 Å². The van der Waals surface area contributed by atoms with E-state index in [9.17, 15) is 4.79 Å². The summed E-state index contributed by atoms with van der Waals surface area (Å²) in [5, 5.41) is 0. The molecule has 0 aliphatic carbocycles. The zero-order chi connectivity index (χ0) is 19.3. The van der Waals surface area contributed by atoms with Gasteiger partial charge < -0.3 is 14.2 Å². The molecule has 2 heterocycles. The van der Waals surface area contributed by atoms with Crippen LogP contribution >= 0.6 is 0 Å². The van der Waals surface area contributed by atoms with Gasteiger partial charge in [-0.3, -0.25) is 4.79 Å². The SMILES string of the molecule is Cc1cccc(N2CCN(C(=O)CCc3ncc(-c4ccccc4)o3)CC2)c1. The van der Waals surface area contributed by atoms with Gasteiger partial charge in [0.2, 0.25) is 5.91 Å². The first-order valence-electron chi connectivity index (χ1n) is 9.78. The van der Waals surface area contributed by atoms with Crippen molar-refractivity contribution < 1.29 is 9.21 Å². The van der Waals surface area contributed by atoms with Crippen LogP contribution in [0.4, 0.5) is 5.69 Å². The maximum atomic E-state index is 12.6. The number of nitrogens with zero attached hydrogens (tertiary/aromatic N) is 3. The number of carbonyl (C=O) groups excluding carboxylic acids is 1. The van der Waals surface area contributed by atoms with E-state index in [0.717, 1.165) is 37.5 Å². The molecular formula is C23H25N3O2. The first kappa shape index (κ1) is 18.3. The Bertz CT molecular complexity index is 928. The number of aromatic nitrogens is 1. The van der Waals surface area contributed by atoms with E-state index in [1.165, 1.54) is 11.3 Å². The van der Waals surface area contributed by atoms with Gasteiger partial charge in [0.15, 0.2) is 11.7 Å². The minimum atomic E-state index is 0.170. The van der Waals surface area contributed by atoms with Crippen molar-refractivity contribution in [3.63, 3.8) is 0 Å². The second kappa shape index (κ2) is 8.30. The molecule has 0 atom stereocenters. The number of amides is 1. The predicted octanol–water partition coefficient (Wildman–Crippen LogP) is 3.93. The van der Waals surface area contributed by atoms with Crippen molar-refractivity contribution >= 4 is 11.6 Å². The van der Waals surface area contributed by atoms with Gasteiger partial charge in [-0.2, -0.15) is 0 Å². The Balaban J connectivity index is 1.28. The van der Waals surface area contributed by atoms with E-state index >= 15 is 0 Å².